The zero-order valence-corrected chi connectivity index (χ0v) is 14.4. The SMILES string of the molecule is CCCCCCCCCC(=O)C(O)Cc1ccc(OC)c(O)c1. The molecule has 0 radical (unpaired) electrons. The lowest BCUT2D eigenvalue weighted by atomic mass is 10.00. The molecule has 1 rings (SSSR count). The van der Waals surface area contributed by atoms with Crippen molar-refractivity contribution in [2.75, 3.05) is 7.11 Å². The van der Waals surface area contributed by atoms with Crippen LogP contribution in [0.1, 0.15) is 63.9 Å². The van der Waals surface area contributed by atoms with Crippen LogP contribution < -0.4 is 4.74 Å². The Balaban J connectivity index is 2.27. The number of hydrogen-bond acceptors (Lipinski definition) is 4. The molecule has 0 aliphatic heterocycles. The van der Waals surface area contributed by atoms with Crippen molar-refractivity contribution in [3.63, 3.8) is 0 Å². The second-order valence-electron chi connectivity index (χ2n) is 6.06. The van der Waals surface area contributed by atoms with Gasteiger partial charge >= 0.3 is 0 Å². The third-order valence-corrected chi connectivity index (χ3v) is 4.07. The topological polar surface area (TPSA) is 66.8 Å². The number of unbranched alkanes of at least 4 members (excludes halogenated alkanes) is 6. The molecule has 0 aliphatic carbocycles. The molecule has 0 spiro atoms. The van der Waals surface area contributed by atoms with Gasteiger partial charge in [-0.3, -0.25) is 4.79 Å². The number of rotatable bonds is 12. The smallest absolute Gasteiger partial charge is 0.161 e. The van der Waals surface area contributed by atoms with E-state index in [1.165, 1.54) is 38.9 Å². The summed E-state index contributed by atoms with van der Waals surface area (Å²) in [6, 6.07) is 4.92. The van der Waals surface area contributed by atoms with Gasteiger partial charge in [0, 0.05) is 12.8 Å². The molecule has 2 N–H and O–H groups in total. The van der Waals surface area contributed by atoms with Crippen LogP contribution in [0.2, 0.25) is 0 Å². The Bertz CT molecular complexity index is 470. The highest BCUT2D eigenvalue weighted by atomic mass is 16.5. The minimum atomic E-state index is -0.997. The Morgan fingerprint density at radius 3 is 2.39 bits per heavy atom. The highest BCUT2D eigenvalue weighted by Crippen LogP contribution is 2.26. The maximum Gasteiger partial charge on any atom is 0.161 e. The van der Waals surface area contributed by atoms with Crippen molar-refractivity contribution < 1.29 is 19.7 Å². The first-order chi connectivity index (χ1) is 11.1. The lowest BCUT2D eigenvalue weighted by molar-refractivity contribution is -0.127. The molecule has 0 heterocycles. The monoisotopic (exact) mass is 322 g/mol. The first-order valence-corrected chi connectivity index (χ1v) is 8.65. The number of carbonyl (C=O) groups excluding carboxylic acids is 1. The molecule has 0 aromatic heterocycles. The van der Waals surface area contributed by atoms with Crippen LogP contribution in [0.25, 0.3) is 0 Å². The molecule has 1 unspecified atom stereocenters. The summed E-state index contributed by atoms with van der Waals surface area (Å²) in [5.41, 5.74) is 0.726. The van der Waals surface area contributed by atoms with Gasteiger partial charge in [0.05, 0.1) is 7.11 Å². The van der Waals surface area contributed by atoms with Crippen LogP contribution in [0, 0.1) is 0 Å². The zero-order valence-electron chi connectivity index (χ0n) is 14.4. The average Bonchev–Trinajstić information content (AvgIpc) is 2.54. The summed E-state index contributed by atoms with van der Waals surface area (Å²) < 4.78 is 4.97. The summed E-state index contributed by atoms with van der Waals surface area (Å²) in [4.78, 5) is 12.0. The first-order valence-electron chi connectivity index (χ1n) is 8.65. The van der Waals surface area contributed by atoms with Gasteiger partial charge < -0.3 is 14.9 Å². The lowest BCUT2D eigenvalue weighted by Crippen LogP contribution is -2.22. The number of methoxy groups -OCH3 is 1. The number of aliphatic hydroxyl groups is 1. The molecular weight excluding hydrogens is 292 g/mol. The molecule has 0 amide bonds. The van der Waals surface area contributed by atoms with Crippen LogP contribution in [-0.4, -0.2) is 29.2 Å². The number of ether oxygens (including phenoxy) is 1. The standard InChI is InChI=1S/C19H30O4/c1-3-4-5-6-7-8-9-10-16(20)17(21)13-15-11-12-19(23-2)18(22)14-15/h11-12,14,17,21-22H,3-10,13H2,1-2H3. The molecule has 0 aliphatic rings. The predicted molar refractivity (Wildman–Crippen MR) is 92.0 cm³/mol. The molecule has 4 nitrogen and oxygen atoms in total. The molecule has 4 heteroatoms. The first kappa shape index (κ1) is 19.5. The van der Waals surface area contributed by atoms with Crippen LogP contribution in [0.15, 0.2) is 18.2 Å². The molecule has 23 heavy (non-hydrogen) atoms. The van der Waals surface area contributed by atoms with Crippen molar-refractivity contribution in [2.45, 2.75) is 70.8 Å². The molecule has 0 saturated carbocycles. The van der Waals surface area contributed by atoms with Crippen molar-refractivity contribution in [2.24, 2.45) is 0 Å². The van der Waals surface area contributed by atoms with Crippen LogP contribution in [0.4, 0.5) is 0 Å². The third kappa shape index (κ3) is 7.51. The van der Waals surface area contributed by atoms with E-state index in [0.29, 0.717) is 12.2 Å². The third-order valence-electron chi connectivity index (χ3n) is 4.07. The number of Topliss-reactive ketones (excluding diaryl/α,β-unsaturated/α-hetero) is 1. The van der Waals surface area contributed by atoms with Gasteiger partial charge in [-0.25, -0.2) is 0 Å². The summed E-state index contributed by atoms with van der Waals surface area (Å²) in [5, 5.41) is 19.7. The van der Waals surface area contributed by atoms with E-state index in [4.69, 9.17) is 4.74 Å². The molecule has 1 aromatic carbocycles. The minimum absolute atomic E-state index is 0.0247. The summed E-state index contributed by atoms with van der Waals surface area (Å²) in [5.74, 6) is 0.295. The molecule has 0 saturated heterocycles. The molecule has 0 fully saturated rings. The number of aliphatic hydroxyl groups excluding tert-OH is 1. The highest BCUT2D eigenvalue weighted by Gasteiger charge is 2.16. The van der Waals surface area contributed by atoms with Gasteiger partial charge in [0.2, 0.25) is 0 Å². The van der Waals surface area contributed by atoms with E-state index in [1.807, 2.05) is 0 Å². The average molecular weight is 322 g/mol. The lowest BCUT2D eigenvalue weighted by Gasteiger charge is -2.11. The van der Waals surface area contributed by atoms with E-state index in [9.17, 15) is 15.0 Å². The molecule has 0 bridgehead atoms. The van der Waals surface area contributed by atoms with Gasteiger partial charge in [-0.1, -0.05) is 51.5 Å². The fourth-order valence-electron chi connectivity index (χ4n) is 2.62. The number of carbonyl (C=O) groups is 1. The number of ketones is 1. The quantitative estimate of drug-likeness (QED) is 0.571. The Morgan fingerprint density at radius 1 is 1.13 bits per heavy atom. The minimum Gasteiger partial charge on any atom is -0.504 e. The van der Waals surface area contributed by atoms with Crippen LogP contribution in [-0.2, 0) is 11.2 Å². The normalized spacial score (nSPS) is 12.1. The number of hydrogen-bond donors (Lipinski definition) is 2. The van der Waals surface area contributed by atoms with Crippen LogP contribution in [0.3, 0.4) is 0 Å². The van der Waals surface area contributed by atoms with E-state index in [0.717, 1.165) is 24.8 Å². The maximum atomic E-state index is 12.0. The Kier molecular flexibility index (Phi) is 9.37. The summed E-state index contributed by atoms with van der Waals surface area (Å²) in [6.45, 7) is 2.20. The second kappa shape index (κ2) is 11.1. The Hall–Kier alpha value is -1.55. The van der Waals surface area contributed by atoms with Gasteiger partial charge in [0.1, 0.15) is 6.10 Å². The molecule has 1 atom stereocenters. The summed E-state index contributed by atoms with van der Waals surface area (Å²) in [7, 11) is 1.48. The molecule has 1 aromatic rings. The number of benzene rings is 1. The fourth-order valence-corrected chi connectivity index (χ4v) is 2.62. The Morgan fingerprint density at radius 2 is 1.78 bits per heavy atom. The van der Waals surface area contributed by atoms with Gasteiger partial charge in [-0.15, -0.1) is 0 Å². The number of aromatic hydroxyl groups is 1. The van der Waals surface area contributed by atoms with E-state index in [1.54, 1.807) is 12.1 Å². The van der Waals surface area contributed by atoms with Gasteiger partial charge in [0.15, 0.2) is 17.3 Å². The van der Waals surface area contributed by atoms with Gasteiger partial charge in [0.25, 0.3) is 0 Å². The van der Waals surface area contributed by atoms with E-state index in [2.05, 4.69) is 6.92 Å². The van der Waals surface area contributed by atoms with Crippen molar-refractivity contribution in [1.29, 1.82) is 0 Å². The fraction of sp³-hybridized carbons (Fsp3) is 0.632. The van der Waals surface area contributed by atoms with E-state index in [-0.39, 0.29) is 18.0 Å². The van der Waals surface area contributed by atoms with Gasteiger partial charge in [-0.05, 0) is 24.1 Å². The second-order valence-corrected chi connectivity index (χ2v) is 6.06. The number of phenols is 1. The van der Waals surface area contributed by atoms with Gasteiger partial charge in [-0.2, -0.15) is 0 Å². The molecule has 130 valence electrons. The Labute approximate surface area is 139 Å². The van der Waals surface area contributed by atoms with E-state index < -0.39 is 6.10 Å². The summed E-state index contributed by atoms with van der Waals surface area (Å²) >= 11 is 0. The van der Waals surface area contributed by atoms with Crippen molar-refractivity contribution in [3.05, 3.63) is 23.8 Å². The maximum absolute atomic E-state index is 12.0. The van der Waals surface area contributed by atoms with Crippen LogP contribution >= 0.6 is 0 Å². The molecular formula is C19H30O4. The van der Waals surface area contributed by atoms with Crippen LogP contribution in [0.5, 0.6) is 11.5 Å². The highest BCUT2D eigenvalue weighted by molar-refractivity contribution is 5.83. The largest absolute Gasteiger partial charge is 0.504 e. The zero-order chi connectivity index (χ0) is 17.1. The van der Waals surface area contributed by atoms with Crippen molar-refractivity contribution >= 4 is 5.78 Å². The summed E-state index contributed by atoms with van der Waals surface area (Å²) in [6.07, 6.45) is 7.74. The van der Waals surface area contributed by atoms with Crippen molar-refractivity contribution in [3.8, 4) is 11.5 Å². The predicted octanol–water partition coefficient (Wildman–Crippen LogP) is 4.01. The number of phenolic OH excluding ortho intramolecular Hbond substituents is 1. The van der Waals surface area contributed by atoms with E-state index >= 15 is 0 Å². The van der Waals surface area contributed by atoms with Crippen molar-refractivity contribution in [1.82, 2.24) is 0 Å².